The second kappa shape index (κ2) is 5.57. The van der Waals surface area contributed by atoms with Crippen molar-refractivity contribution in [1.29, 1.82) is 0 Å². The van der Waals surface area contributed by atoms with Crippen molar-refractivity contribution in [3.05, 3.63) is 24.2 Å². The number of hydrogen-bond acceptors (Lipinski definition) is 3. The van der Waals surface area contributed by atoms with E-state index in [4.69, 9.17) is 4.74 Å². The maximum atomic E-state index is 5.08. The Labute approximate surface area is 114 Å². The molecule has 0 radical (unpaired) electrons. The summed E-state index contributed by atoms with van der Waals surface area (Å²) in [6.07, 6.45) is 4.76. The van der Waals surface area contributed by atoms with Crippen LogP contribution in [-0.4, -0.2) is 33.5 Å². The van der Waals surface area contributed by atoms with E-state index in [0.29, 0.717) is 0 Å². The van der Waals surface area contributed by atoms with E-state index < -0.39 is 0 Å². The molecule has 0 atom stereocenters. The minimum absolute atomic E-state index is 0.0682. The molecule has 0 bridgehead atoms. The summed E-state index contributed by atoms with van der Waals surface area (Å²) in [5.41, 5.74) is 2.08. The summed E-state index contributed by atoms with van der Waals surface area (Å²) in [6.45, 7) is 8.13. The fourth-order valence-electron chi connectivity index (χ4n) is 1.92. The number of nitrogens with one attached hydrogen (secondary N) is 1. The predicted octanol–water partition coefficient (Wildman–Crippen LogP) is 2.61. The summed E-state index contributed by atoms with van der Waals surface area (Å²) >= 11 is 0. The van der Waals surface area contributed by atoms with Crippen LogP contribution in [0, 0.1) is 0 Å². The lowest BCUT2D eigenvalue weighted by Gasteiger charge is -2.14. The van der Waals surface area contributed by atoms with E-state index in [0.717, 1.165) is 36.8 Å². The van der Waals surface area contributed by atoms with Crippen molar-refractivity contribution in [3.63, 3.8) is 0 Å². The molecule has 0 fully saturated rings. The van der Waals surface area contributed by atoms with Crippen molar-refractivity contribution in [2.75, 3.05) is 13.7 Å². The fourth-order valence-corrected chi connectivity index (χ4v) is 1.92. The fraction of sp³-hybridized carbons (Fsp3) is 0.571. The zero-order chi connectivity index (χ0) is 13.9. The van der Waals surface area contributed by atoms with Crippen molar-refractivity contribution >= 4 is 0 Å². The smallest absolute Gasteiger partial charge is 0.160 e. The molecule has 5 heteroatoms. The molecule has 1 N–H and O–H groups in total. The molecule has 0 aliphatic carbocycles. The van der Waals surface area contributed by atoms with Crippen LogP contribution in [0.3, 0.4) is 0 Å². The lowest BCUT2D eigenvalue weighted by atomic mass is 9.92. The molecule has 0 unspecified atom stereocenters. The third-order valence-corrected chi connectivity index (χ3v) is 3.08. The Kier molecular flexibility index (Phi) is 4.04. The van der Waals surface area contributed by atoms with Crippen LogP contribution in [0.15, 0.2) is 18.5 Å². The maximum absolute atomic E-state index is 5.08. The molecule has 2 aromatic heterocycles. The molecule has 0 saturated carbocycles. The highest BCUT2D eigenvalue weighted by atomic mass is 16.5. The van der Waals surface area contributed by atoms with Crippen molar-refractivity contribution in [3.8, 4) is 11.5 Å². The van der Waals surface area contributed by atoms with Gasteiger partial charge in [-0.05, 0) is 12.5 Å². The molecule has 0 aliphatic heterocycles. The summed E-state index contributed by atoms with van der Waals surface area (Å²) in [6, 6.07) is 2.08. The van der Waals surface area contributed by atoms with Gasteiger partial charge in [0.15, 0.2) is 5.82 Å². The molecule has 19 heavy (non-hydrogen) atoms. The number of hydrogen-bond donors (Lipinski definition) is 1. The van der Waals surface area contributed by atoms with E-state index in [1.54, 1.807) is 7.11 Å². The van der Waals surface area contributed by atoms with Gasteiger partial charge in [-0.1, -0.05) is 20.8 Å². The van der Waals surface area contributed by atoms with Gasteiger partial charge >= 0.3 is 0 Å². The molecule has 2 rings (SSSR count). The van der Waals surface area contributed by atoms with E-state index in [1.807, 2.05) is 12.4 Å². The molecule has 104 valence electrons. The molecule has 0 aliphatic rings. The first-order valence-corrected chi connectivity index (χ1v) is 6.58. The normalized spacial score (nSPS) is 12.0. The average molecular weight is 262 g/mol. The first kappa shape index (κ1) is 13.8. The highest BCUT2D eigenvalue weighted by Gasteiger charge is 2.18. The molecular formula is C14H22N4O. The lowest BCUT2D eigenvalue weighted by Crippen LogP contribution is -2.11. The number of H-pyrrole nitrogens is 1. The Hall–Kier alpha value is -1.62. The number of rotatable bonds is 5. The third-order valence-electron chi connectivity index (χ3n) is 3.08. The van der Waals surface area contributed by atoms with E-state index >= 15 is 0 Å². The van der Waals surface area contributed by atoms with Gasteiger partial charge in [0.25, 0.3) is 0 Å². The second-order valence-electron chi connectivity index (χ2n) is 5.71. The zero-order valence-electron chi connectivity index (χ0n) is 12.1. The third kappa shape index (κ3) is 3.23. The van der Waals surface area contributed by atoms with Crippen LogP contribution in [0.4, 0.5) is 0 Å². The highest BCUT2D eigenvalue weighted by molar-refractivity contribution is 5.50. The van der Waals surface area contributed by atoms with Crippen molar-refractivity contribution < 1.29 is 4.74 Å². The van der Waals surface area contributed by atoms with Crippen LogP contribution in [0.5, 0.6) is 0 Å². The second-order valence-corrected chi connectivity index (χ2v) is 5.71. The van der Waals surface area contributed by atoms with Gasteiger partial charge in [-0.25, -0.2) is 4.98 Å². The number of ether oxygens (including phenoxy) is 1. The van der Waals surface area contributed by atoms with Gasteiger partial charge in [0.2, 0.25) is 0 Å². The van der Waals surface area contributed by atoms with Gasteiger partial charge in [0.1, 0.15) is 5.69 Å². The van der Waals surface area contributed by atoms with Gasteiger partial charge < -0.3 is 9.30 Å². The average Bonchev–Trinajstić information content (AvgIpc) is 2.95. The van der Waals surface area contributed by atoms with Gasteiger partial charge in [-0.15, -0.1) is 0 Å². The predicted molar refractivity (Wildman–Crippen MR) is 75.0 cm³/mol. The van der Waals surface area contributed by atoms with Crippen molar-refractivity contribution in [2.24, 2.45) is 0 Å². The first-order valence-electron chi connectivity index (χ1n) is 6.58. The van der Waals surface area contributed by atoms with Crippen LogP contribution in [0.1, 0.15) is 32.9 Å². The summed E-state index contributed by atoms with van der Waals surface area (Å²) in [4.78, 5) is 4.40. The summed E-state index contributed by atoms with van der Waals surface area (Å²) in [5.74, 6) is 0.905. The Balaban J connectivity index is 2.18. The van der Waals surface area contributed by atoms with Gasteiger partial charge in [0.05, 0.1) is 0 Å². The molecule has 2 heterocycles. The first-order chi connectivity index (χ1) is 9.02. The van der Waals surface area contributed by atoms with Gasteiger partial charge in [0, 0.05) is 43.8 Å². The molecule has 5 nitrogen and oxygen atoms in total. The largest absolute Gasteiger partial charge is 0.385 e. The van der Waals surface area contributed by atoms with Crippen LogP contribution in [0.2, 0.25) is 0 Å². The van der Waals surface area contributed by atoms with Crippen molar-refractivity contribution in [2.45, 2.75) is 39.2 Å². The standard InChI is InChI=1S/C14H22N4O/c1-14(2,3)12-10-11(16-17-12)13-15-6-8-18(13)7-5-9-19-4/h6,8,10H,5,7,9H2,1-4H3,(H,16,17). The molecular weight excluding hydrogens is 240 g/mol. The summed E-state index contributed by atoms with van der Waals surface area (Å²) < 4.78 is 7.19. The highest BCUT2D eigenvalue weighted by Crippen LogP contribution is 2.24. The number of aryl methyl sites for hydroxylation is 1. The van der Waals surface area contributed by atoms with E-state index in [-0.39, 0.29) is 5.41 Å². The number of imidazole rings is 1. The Morgan fingerprint density at radius 3 is 2.79 bits per heavy atom. The summed E-state index contributed by atoms with van der Waals surface area (Å²) in [5, 5.41) is 7.47. The molecule has 0 spiro atoms. The van der Waals surface area contributed by atoms with E-state index in [1.165, 1.54) is 0 Å². The molecule has 0 aromatic carbocycles. The van der Waals surface area contributed by atoms with Gasteiger partial charge in [-0.3, -0.25) is 5.10 Å². The van der Waals surface area contributed by atoms with Crippen LogP contribution in [-0.2, 0) is 16.7 Å². The molecule has 0 amide bonds. The van der Waals surface area contributed by atoms with Crippen LogP contribution >= 0.6 is 0 Å². The van der Waals surface area contributed by atoms with E-state index in [2.05, 4.69) is 46.6 Å². The summed E-state index contributed by atoms with van der Waals surface area (Å²) in [7, 11) is 1.72. The number of methoxy groups -OCH3 is 1. The lowest BCUT2D eigenvalue weighted by molar-refractivity contribution is 0.190. The SMILES string of the molecule is COCCCn1ccnc1-c1cc(C(C)(C)C)[nH]n1. The Morgan fingerprint density at radius 1 is 1.37 bits per heavy atom. The number of nitrogens with zero attached hydrogens (tertiary/aromatic N) is 3. The number of aromatic amines is 1. The molecule has 0 saturated heterocycles. The minimum atomic E-state index is 0.0682. The molecule has 2 aromatic rings. The van der Waals surface area contributed by atoms with E-state index in [9.17, 15) is 0 Å². The van der Waals surface area contributed by atoms with Gasteiger partial charge in [-0.2, -0.15) is 5.10 Å². The van der Waals surface area contributed by atoms with Crippen LogP contribution < -0.4 is 0 Å². The minimum Gasteiger partial charge on any atom is -0.385 e. The Morgan fingerprint density at radius 2 is 2.16 bits per heavy atom. The monoisotopic (exact) mass is 262 g/mol. The van der Waals surface area contributed by atoms with Crippen LogP contribution in [0.25, 0.3) is 11.5 Å². The van der Waals surface area contributed by atoms with Crippen molar-refractivity contribution in [1.82, 2.24) is 19.7 Å². The zero-order valence-corrected chi connectivity index (χ0v) is 12.1. The maximum Gasteiger partial charge on any atom is 0.160 e. The topological polar surface area (TPSA) is 55.7 Å². The quantitative estimate of drug-likeness (QED) is 0.843. The Bertz CT molecular complexity index is 522. The number of aromatic nitrogens is 4.